The summed E-state index contributed by atoms with van der Waals surface area (Å²) in [6, 6.07) is 3.42. The smallest absolute Gasteiger partial charge is 0.374 e. The number of nitrogens with one attached hydrogen (secondary N) is 1. The maximum Gasteiger partial charge on any atom is 0.374 e. The Morgan fingerprint density at radius 2 is 1.82 bits per heavy atom. The number of amides is 1. The lowest BCUT2D eigenvalue weighted by Crippen LogP contribution is -2.56. The number of hydrogen-bond donors (Lipinski definition) is 1. The van der Waals surface area contributed by atoms with Crippen molar-refractivity contribution in [3.63, 3.8) is 0 Å². The molecule has 0 radical (unpaired) electrons. The first-order chi connectivity index (χ1) is 10.7. The summed E-state index contributed by atoms with van der Waals surface area (Å²) in [4.78, 5) is 23.7. The standard InChI is InChI=1S/C17H21NO4/c19-15(9-22-17(20)14-2-1-3-21-14)18-16-12-5-10-4-11(7-12)8-13(16)6-10/h1-3,10-13,16H,4-9H2,(H,18,19). The van der Waals surface area contributed by atoms with E-state index in [1.54, 1.807) is 6.07 Å². The van der Waals surface area contributed by atoms with E-state index in [0.29, 0.717) is 11.8 Å². The summed E-state index contributed by atoms with van der Waals surface area (Å²) < 4.78 is 9.95. The second kappa shape index (κ2) is 5.45. The van der Waals surface area contributed by atoms with E-state index >= 15 is 0 Å². The summed E-state index contributed by atoms with van der Waals surface area (Å²) in [6.07, 6.45) is 7.82. The normalized spacial score (nSPS) is 35.4. The molecule has 4 bridgehead atoms. The van der Waals surface area contributed by atoms with Crippen molar-refractivity contribution in [1.82, 2.24) is 5.32 Å². The number of ether oxygens (including phenoxy) is 1. The molecule has 1 aromatic rings. The third-order valence-corrected chi connectivity index (χ3v) is 5.61. The molecule has 0 unspecified atom stereocenters. The maximum atomic E-state index is 12.1. The second-order valence-corrected chi connectivity index (χ2v) is 7.08. The summed E-state index contributed by atoms with van der Waals surface area (Å²) in [5.41, 5.74) is 0. The highest BCUT2D eigenvalue weighted by Gasteiger charge is 2.48. The van der Waals surface area contributed by atoms with Crippen LogP contribution in [0, 0.1) is 23.7 Å². The molecule has 118 valence electrons. The van der Waals surface area contributed by atoms with Crippen molar-refractivity contribution < 1.29 is 18.7 Å². The molecule has 22 heavy (non-hydrogen) atoms. The molecule has 4 aliphatic carbocycles. The lowest BCUT2D eigenvalue weighted by molar-refractivity contribution is -0.128. The van der Waals surface area contributed by atoms with E-state index in [9.17, 15) is 9.59 Å². The minimum absolute atomic E-state index is 0.127. The molecule has 1 amide bonds. The van der Waals surface area contributed by atoms with Crippen molar-refractivity contribution in [3.8, 4) is 0 Å². The van der Waals surface area contributed by atoms with Gasteiger partial charge >= 0.3 is 5.97 Å². The fourth-order valence-corrected chi connectivity index (χ4v) is 4.99. The van der Waals surface area contributed by atoms with Gasteiger partial charge in [-0.1, -0.05) is 0 Å². The van der Waals surface area contributed by atoms with Gasteiger partial charge in [0.25, 0.3) is 5.91 Å². The molecule has 5 nitrogen and oxygen atoms in total. The van der Waals surface area contributed by atoms with E-state index in [1.807, 2.05) is 0 Å². The highest BCUT2D eigenvalue weighted by molar-refractivity contribution is 5.88. The van der Waals surface area contributed by atoms with Gasteiger partial charge in [0.15, 0.2) is 6.61 Å². The molecule has 4 fully saturated rings. The lowest BCUT2D eigenvalue weighted by Gasteiger charge is -2.54. The largest absolute Gasteiger partial charge is 0.457 e. The summed E-state index contributed by atoms with van der Waals surface area (Å²) in [7, 11) is 0. The molecule has 5 rings (SSSR count). The van der Waals surface area contributed by atoms with Crippen molar-refractivity contribution in [2.45, 2.75) is 38.1 Å². The number of rotatable bonds is 4. The van der Waals surface area contributed by atoms with Crippen LogP contribution in [0.4, 0.5) is 0 Å². The van der Waals surface area contributed by atoms with Gasteiger partial charge in [0.05, 0.1) is 6.26 Å². The molecule has 1 heterocycles. The average molecular weight is 303 g/mol. The Balaban J connectivity index is 1.30. The van der Waals surface area contributed by atoms with Crippen LogP contribution in [0.5, 0.6) is 0 Å². The first kappa shape index (κ1) is 13.9. The number of esters is 1. The molecule has 1 aromatic heterocycles. The van der Waals surface area contributed by atoms with E-state index in [4.69, 9.17) is 9.15 Å². The molecule has 4 saturated carbocycles. The van der Waals surface area contributed by atoms with Crippen LogP contribution in [-0.4, -0.2) is 24.5 Å². The fraction of sp³-hybridized carbons (Fsp3) is 0.647. The number of carbonyl (C=O) groups excluding carboxylic acids is 2. The van der Waals surface area contributed by atoms with Crippen molar-refractivity contribution in [1.29, 1.82) is 0 Å². The Hall–Kier alpha value is -1.78. The van der Waals surface area contributed by atoms with E-state index < -0.39 is 5.97 Å². The quantitative estimate of drug-likeness (QED) is 0.867. The van der Waals surface area contributed by atoms with Gasteiger partial charge in [-0.25, -0.2) is 4.79 Å². The molecule has 0 aliphatic heterocycles. The zero-order valence-corrected chi connectivity index (χ0v) is 12.5. The molecule has 4 aliphatic rings. The molecule has 5 heteroatoms. The first-order valence-electron chi connectivity index (χ1n) is 8.19. The van der Waals surface area contributed by atoms with Crippen LogP contribution in [0.2, 0.25) is 0 Å². The lowest BCUT2D eigenvalue weighted by atomic mass is 9.54. The summed E-state index contributed by atoms with van der Waals surface area (Å²) in [5, 5.41) is 3.12. The summed E-state index contributed by atoms with van der Waals surface area (Å²) >= 11 is 0. The predicted molar refractivity (Wildman–Crippen MR) is 78.0 cm³/mol. The van der Waals surface area contributed by atoms with Gasteiger partial charge in [0.2, 0.25) is 5.76 Å². The molecule has 0 aromatic carbocycles. The van der Waals surface area contributed by atoms with Gasteiger partial charge < -0.3 is 14.5 Å². The average Bonchev–Trinajstić information content (AvgIpc) is 3.02. The Bertz CT molecular complexity index is 537. The molecule has 0 atom stereocenters. The predicted octanol–water partition coefficient (Wildman–Crippen LogP) is 2.38. The maximum absolute atomic E-state index is 12.1. The Kier molecular flexibility index (Phi) is 3.43. The number of furan rings is 1. The monoisotopic (exact) mass is 303 g/mol. The van der Waals surface area contributed by atoms with E-state index in [-0.39, 0.29) is 24.3 Å². The van der Waals surface area contributed by atoms with Crippen LogP contribution < -0.4 is 5.32 Å². The first-order valence-corrected chi connectivity index (χ1v) is 8.19. The Morgan fingerprint density at radius 1 is 1.14 bits per heavy atom. The van der Waals surface area contributed by atoms with Gasteiger partial charge in [0.1, 0.15) is 0 Å². The van der Waals surface area contributed by atoms with Gasteiger partial charge in [-0.2, -0.15) is 0 Å². The number of hydrogen-bond acceptors (Lipinski definition) is 4. The van der Waals surface area contributed by atoms with Crippen LogP contribution in [0.15, 0.2) is 22.8 Å². The van der Waals surface area contributed by atoms with Crippen LogP contribution in [0.25, 0.3) is 0 Å². The zero-order chi connectivity index (χ0) is 15.1. The van der Waals surface area contributed by atoms with E-state index in [0.717, 1.165) is 11.8 Å². The third-order valence-electron chi connectivity index (χ3n) is 5.61. The van der Waals surface area contributed by atoms with Crippen molar-refractivity contribution in [3.05, 3.63) is 24.2 Å². The van der Waals surface area contributed by atoms with Crippen LogP contribution in [0.3, 0.4) is 0 Å². The minimum atomic E-state index is -0.592. The molecular weight excluding hydrogens is 282 g/mol. The summed E-state index contributed by atoms with van der Waals surface area (Å²) in [5.74, 6) is 2.35. The van der Waals surface area contributed by atoms with Gasteiger partial charge in [-0.15, -0.1) is 0 Å². The van der Waals surface area contributed by atoms with Gasteiger partial charge in [0, 0.05) is 6.04 Å². The van der Waals surface area contributed by atoms with Crippen molar-refractivity contribution >= 4 is 11.9 Å². The molecule has 1 N–H and O–H groups in total. The molecule has 0 saturated heterocycles. The Labute approximate surface area is 129 Å². The highest BCUT2D eigenvalue weighted by atomic mass is 16.5. The van der Waals surface area contributed by atoms with Gasteiger partial charge in [-0.3, -0.25) is 4.79 Å². The third kappa shape index (κ3) is 2.53. The highest BCUT2D eigenvalue weighted by Crippen LogP contribution is 2.53. The van der Waals surface area contributed by atoms with Crippen molar-refractivity contribution in [2.24, 2.45) is 23.7 Å². The van der Waals surface area contributed by atoms with Gasteiger partial charge in [-0.05, 0) is 67.9 Å². The number of carbonyl (C=O) groups is 2. The fourth-order valence-electron chi connectivity index (χ4n) is 4.99. The van der Waals surface area contributed by atoms with E-state index in [2.05, 4.69) is 5.32 Å². The van der Waals surface area contributed by atoms with E-state index in [1.165, 1.54) is 44.4 Å². The summed E-state index contributed by atoms with van der Waals surface area (Å²) in [6.45, 7) is -0.234. The SMILES string of the molecule is O=C(COC(=O)c1ccco1)NC1C2CC3CC(C2)CC1C3. The van der Waals surface area contributed by atoms with Crippen LogP contribution in [-0.2, 0) is 9.53 Å². The minimum Gasteiger partial charge on any atom is -0.457 e. The molecular formula is C17H21NO4. The van der Waals surface area contributed by atoms with Crippen LogP contribution >= 0.6 is 0 Å². The zero-order valence-electron chi connectivity index (χ0n) is 12.5. The second-order valence-electron chi connectivity index (χ2n) is 7.08. The molecule has 0 spiro atoms. The van der Waals surface area contributed by atoms with Crippen LogP contribution in [0.1, 0.15) is 42.7 Å². The Morgan fingerprint density at radius 3 is 2.41 bits per heavy atom. The topological polar surface area (TPSA) is 68.5 Å². The van der Waals surface area contributed by atoms with Crippen molar-refractivity contribution in [2.75, 3.05) is 6.61 Å².